The highest BCUT2D eigenvalue weighted by Crippen LogP contribution is 2.57. The van der Waals surface area contributed by atoms with Crippen molar-refractivity contribution in [1.82, 2.24) is 4.98 Å². The molecule has 3 rings (SSSR count). The van der Waals surface area contributed by atoms with E-state index in [0.717, 1.165) is 10.2 Å². The van der Waals surface area contributed by atoms with E-state index in [-0.39, 0.29) is 11.8 Å². The summed E-state index contributed by atoms with van der Waals surface area (Å²) in [5.41, 5.74) is 0.824. The molecule has 1 heterocycles. The summed E-state index contributed by atoms with van der Waals surface area (Å²) in [7, 11) is 0. The van der Waals surface area contributed by atoms with E-state index in [1.807, 2.05) is 6.07 Å². The summed E-state index contributed by atoms with van der Waals surface area (Å²) in [5, 5.41) is 2.97. The van der Waals surface area contributed by atoms with Gasteiger partial charge in [0.05, 0.1) is 10.2 Å². The minimum absolute atomic E-state index is 0.182. The maximum atomic E-state index is 12.0. The highest BCUT2D eigenvalue weighted by atomic mass is 79.9. The van der Waals surface area contributed by atoms with Crippen LogP contribution < -0.4 is 5.32 Å². The third-order valence-corrected chi connectivity index (χ3v) is 4.37. The lowest BCUT2D eigenvalue weighted by atomic mass is 10.1. The highest BCUT2D eigenvalue weighted by molar-refractivity contribution is 9.10. The van der Waals surface area contributed by atoms with Crippen LogP contribution >= 0.6 is 15.9 Å². The van der Waals surface area contributed by atoms with Gasteiger partial charge >= 0.3 is 0 Å². The molecule has 0 spiro atoms. The molecule has 1 aromatic rings. The van der Waals surface area contributed by atoms with Crippen molar-refractivity contribution >= 4 is 27.5 Å². The molecular formula is C12H13BrN2O. The monoisotopic (exact) mass is 280 g/mol. The van der Waals surface area contributed by atoms with Crippen molar-refractivity contribution in [3.8, 4) is 0 Å². The number of pyridine rings is 1. The second kappa shape index (κ2) is 3.84. The molecule has 0 saturated heterocycles. The Morgan fingerprint density at radius 2 is 2.19 bits per heavy atom. The molecular weight excluding hydrogens is 268 g/mol. The van der Waals surface area contributed by atoms with Gasteiger partial charge in [0.15, 0.2) is 0 Å². The van der Waals surface area contributed by atoms with Gasteiger partial charge in [0, 0.05) is 18.3 Å². The average Bonchev–Trinajstić information content (AvgIpc) is 2.76. The summed E-state index contributed by atoms with van der Waals surface area (Å²) >= 11 is 3.38. The zero-order chi connectivity index (χ0) is 11.1. The zero-order valence-corrected chi connectivity index (χ0v) is 10.4. The average molecular weight is 281 g/mol. The Morgan fingerprint density at radius 3 is 2.88 bits per heavy atom. The molecule has 2 aliphatic carbocycles. The van der Waals surface area contributed by atoms with Gasteiger partial charge in [-0.1, -0.05) is 6.42 Å². The summed E-state index contributed by atoms with van der Waals surface area (Å²) in [4.78, 5) is 16.0. The molecule has 16 heavy (non-hydrogen) atoms. The van der Waals surface area contributed by atoms with Gasteiger partial charge in [0.25, 0.3) is 0 Å². The number of nitrogens with zero attached hydrogens (tertiary/aromatic N) is 1. The Labute approximate surface area is 103 Å². The molecule has 84 valence electrons. The smallest absolute Gasteiger partial charge is 0.228 e. The van der Waals surface area contributed by atoms with Gasteiger partial charge in [-0.15, -0.1) is 0 Å². The first-order chi connectivity index (χ1) is 7.77. The molecule has 3 nitrogen and oxygen atoms in total. The van der Waals surface area contributed by atoms with Gasteiger partial charge in [0.2, 0.25) is 5.91 Å². The fourth-order valence-electron chi connectivity index (χ4n) is 2.90. The lowest BCUT2D eigenvalue weighted by Gasteiger charge is -2.07. The van der Waals surface area contributed by atoms with E-state index < -0.39 is 0 Å². The topological polar surface area (TPSA) is 42.0 Å². The van der Waals surface area contributed by atoms with E-state index in [4.69, 9.17) is 0 Å². The van der Waals surface area contributed by atoms with Crippen LogP contribution in [0.3, 0.4) is 0 Å². The van der Waals surface area contributed by atoms with Gasteiger partial charge in [-0.05, 0) is 46.7 Å². The van der Waals surface area contributed by atoms with Crippen LogP contribution in [0.2, 0.25) is 0 Å². The van der Waals surface area contributed by atoms with Crippen LogP contribution in [0.25, 0.3) is 0 Å². The van der Waals surface area contributed by atoms with Crippen molar-refractivity contribution in [2.75, 3.05) is 5.32 Å². The lowest BCUT2D eigenvalue weighted by molar-refractivity contribution is -0.118. The van der Waals surface area contributed by atoms with E-state index in [9.17, 15) is 4.79 Å². The van der Waals surface area contributed by atoms with Crippen LogP contribution in [0.5, 0.6) is 0 Å². The van der Waals surface area contributed by atoms with Crippen molar-refractivity contribution in [2.45, 2.75) is 19.3 Å². The Hall–Kier alpha value is -0.900. The van der Waals surface area contributed by atoms with Crippen LogP contribution in [-0.2, 0) is 4.79 Å². The molecule has 1 amide bonds. The predicted octanol–water partition coefficient (Wildman–Crippen LogP) is 2.83. The van der Waals surface area contributed by atoms with Crippen LogP contribution in [0.1, 0.15) is 19.3 Å². The van der Waals surface area contributed by atoms with Crippen molar-refractivity contribution in [2.24, 2.45) is 17.8 Å². The Bertz CT molecular complexity index is 425. The fourth-order valence-corrected chi connectivity index (χ4v) is 3.25. The van der Waals surface area contributed by atoms with Gasteiger partial charge in [-0.2, -0.15) is 0 Å². The lowest BCUT2D eigenvalue weighted by Crippen LogP contribution is -2.16. The van der Waals surface area contributed by atoms with Gasteiger partial charge < -0.3 is 5.32 Å². The Morgan fingerprint density at radius 1 is 1.44 bits per heavy atom. The first-order valence-electron chi connectivity index (χ1n) is 5.68. The van der Waals surface area contributed by atoms with Gasteiger partial charge in [0.1, 0.15) is 0 Å². The summed E-state index contributed by atoms with van der Waals surface area (Å²) in [6, 6.07) is 1.82. The number of carbonyl (C=O) groups is 1. The fraction of sp³-hybridized carbons (Fsp3) is 0.500. The number of carbonyl (C=O) groups excluding carboxylic acids is 1. The van der Waals surface area contributed by atoms with Crippen LogP contribution in [0.15, 0.2) is 22.9 Å². The quantitative estimate of drug-likeness (QED) is 0.905. The van der Waals surface area contributed by atoms with E-state index >= 15 is 0 Å². The van der Waals surface area contributed by atoms with Crippen molar-refractivity contribution < 1.29 is 4.79 Å². The molecule has 0 aliphatic heterocycles. The number of nitrogens with one attached hydrogen (secondary N) is 1. The second-order valence-corrected chi connectivity index (χ2v) is 5.48. The molecule has 2 aliphatic rings. The molecule has 2 unspecified atom stereocenters. The molecule has 0 radical (unpaired) electrons. The summed E-state index contributed by atoms with van der Waals surface area (Å²) < 4.78 is 0.842. The first kappa shape index (κ1) is 10.3. The van der Waals surface area contributed by atoms with Crippen LogP contribution in [0.4, 0.5) is 5.69 Å². The van der Waals surface area contributed by atoms with E-state index in [0.29, 0.717) is 11.8 Å². The normalized spacial score (nSPS) is 30.9. The van der Waals surface area contributed by atoms with Crippen molar-refractivity contribution in [1.29, 1.82) is 0 Å². The maximum absolute atomic E-state index is 12.0. The van der Waals surface area contributed by atoms with Gasteiger partial charge in [-0.3, -0.25) is 9.78 Å². The number of amides is 1. The minimum Gasteiger partial charge on any atom is -0.325 e. The van der Waals surface area contributed by atoms with Crippen molar-refractivity contribution in [3.05, 3.63) is 22.9 Å². The Balaban J connectivity index is 1.68. The van der Waals surface area contributed by atoms with E-state index in [1.54, 1.807) is 12.4 Å². The summed E-state index contributed by atoms with van der Waals surface area (Å²) in [6.07, 6.45) is 7.16. The molecule has 2 atom stereocenters. The number of aromatic nitrogens is 1. The van der Waals surface area contributed by atoms with E-state index in [1.165, 1.54) is 19.3 Å². The number of anilines is 1. The zero-order valence-electron chi connectivity index (χ0n) is 8.82. The number of fused-ring (bicyclic) bond motifs is 1. The highest BCUT2D eigenvalue weighted by Gasteiger charge is 2.56. The summed E-state index contributed by atoms with van der Waals surface area (Å²) in [6.45, 7) is 0. The van der Waals surface area contributed by atoms with Gasteiger partial charge in [-0.25, -0.2) is 0 Å². The second-order valence-electron chi connectivity index (χ2n) is 4.63. The van der Waals surface area contributed by atoms with Crippen LogP contribution in [0, 0.1) is 17.8 Å². The number of hydrogen-bond acceptors (Lipinski definition) is 2. The molecule has 2 fully saturated rings. The number of halogens is 1. The molecule has 1 aromatic heterocycles. The molecule has 0 bridgehead atoms. The SMILES string of the molecule is O=C(Nc1ccncc1Br)C1C2CCCC21. The first-order valence-corrected chi connectivity index (χ1v) is 6.47. The summed E-state index contributed by atoms with van der Waals surface area (Å²) in [5.74, 6) is 1.79. The predicted molar refractivity (Wildman–Crippen MR) is 64.9 cm³/mol. The molecule has 0 aromatic carbocycles. The largest absolute Gasteiger partial charge is 0.325 e. The third-order valence-electron chi connectivity index (χ3n) is 3.74. The number of rotatable bonds is 2. The Kier molecular flexibility index (Phi) is 2.46. The number of hydrogen-bond donors (Lipinski definition) is 1. The van der Waals surface area contributed by atoms with E-state index in [2.05, 4.69) is 26.2 Å². The molecule has 1 N–H and O–H groups in total. The van der Waals surface area contributed by atoms with Crippen molar-refractivity contribution in [3.63, 3.8) is 0 Å². The molecule has 2 saturated carbocycles. The minimum atomic E-state index is 0.182. The van der Waals surface area contributed by atoms with Crippen LogP contribution in [-0.4, -0.2) is 10.9 Å². The standard InChI is InChI=1S/C12H13BrN2O/c13-9-6-14-5-4-10(9)15-12(16)11-7-2-1-3-8(7)11/h4-8,11H,1-3H2,(H,14,15,16). The molecule has 4 heteroatoms. The third kappa shape index (κ3) is 1.65. The maximum Gasteiger partial charge on any atom is 0.228 e.